The third-order valence-electron chi connectivity index (χ3n) is 0.760. The van der Waals surface area contributed by atoms with Crippen LogP contribution in [0.15, 0.2) is 0 Å². The number of alkyl halides is 2. The molecule has 0 aromatic rings. The van der Waals surface area contributed by atoms with Gasteiger partial charge in [0, 0.05) is 0 Å². The molecule has 0 atom stereocenters. The zero-order valence-electron chi connectivity index (χ0n) is 4.97. The molecule has 0 spiro atoms. The molecule has 0 aromatic carbocycles. The van der Waals surface area contributed by atoms with E-state index in [1.54, 1.807) is 6.92 Å². The van der Waals surface area contributed by atoms with Crippen LogP contribution in [0.5, 0.6) is 0 Å². The second-order valence-corrected chi connectivity index (χ2v) is 5.45. The lowest BCUT2D eigenvalue weighted by Crippen LogP contribution is -2.12. The maximum atomic E-state index is 10.7. The van der Waals surface area contributed by atoms with Crippen LogP contribution in [0.4, 0.5) is 0 Å². The highest BCUT2D eigenvalue weighted by Gasteiger charge is 2.17. The van der Waals surface area contributed by atoms with Crippen molar-refractivity contribution in [3.63, 3.8) is 0 Å². The Bertz CT molecular complexity index is 161. The molecule has 0 fully saturated rings. The highest BCUT2D eigenvalue weighted by molar-refractivity contribution is 7.94. The van der Waals surface area contributed by atoms with Crippen molar-refractivity contribution in [3.8, 4) is 0 Å². The van der Waals surface area contributed by atoms with Crippen molar-refractivity contribution in [2.75, 3.05) is 5.75 Å². The summed E-state index contributed by atoms with van der Waals surface area (Å²) in [5.74, 6) is 0.0602. The number of hydrogen-bond acceptors (Lipinski definition) is 2. The van der Waals surface area contributed by atoms with Crippen molar-refractivity contribution >= 4 is 33.0 Å². The van der Waals surface area contributed by atoms with Crippen LogP contribution in [-0.2, 0) is 9.84 Å². The Kier molecular flexibility index (Phi) is 3.85. The summed E-state index contributed by atoms with van der Waals surface area (Å²) in [6.07, 6.45) is 0.554. The number of sulfone groups is 1. The van der Waals surface area contributed by atoms with E-state index in [2.05, 4.69) is 0 Å². The van der Waals surface area contributed by atoms with Crippen molar-refractivity contribution in [3.05, 3.63) is 0 Å². The van der Waals surface area contributed by atoms with Gasteiger partial charge in [0.2, 0.25) is 4.17 Å². The minimum absolute atomic E-state index is 0.0602. The molecule has 0 aliphatic heterocycles. The average Bonchev–Trinajstić information content (AvgIpc) is 1.65. The second-order valence-electron chi connectivity index (χ2n) is 1.63. The van der Waals surface area contributed by atoms with E-state index in [0.717, 1.165) is 0 Å². The van der Waals surface area contributed by atoms with Crippen LogP contribution in [0.3, 0.4) is 0 Å². The first-order valence-corrected chi connectivity index (χ1v) is 5.09. The molecular weight excluding hydrogens is 183 g/mol. The van der Waals surface area contributed by atoms with Crippen LogP contribution in [0.25, 0.3) is 0 Å². The largest absolute Gasteiger partial charge is 0.226 e. The number of rotatable bonds is 3. The first-order valence-electron chi connectivity index (χ1n) is 2.50. The summed E-state index contributed by atoms with van der Waals surface area (Å²) >= 11 is 10.3. The first kappa shape index (κ1) is 9.53. The summed E-state index contributed by atoms with van der Waals surface area (Å²) in [6.45, 7) is 1.76. The van der Waals surface area contributed by atoms with Gasteiger partial charge in [0.15, 0.2) is 9.84 Å². The van der Waals surface area contributed by atoms with E-state index in [0.29, 0.717) is 6.42 Å². The molecule has 0 radical (unpaired) electrons. The first-order chi connectivity index (χ1) is 4.00. The molecule has 5 heteroatoms. The average molecular weight is 191 g/mol. The van der Waals surface area contributed by atoms with Gasteiger partial charge in [-0.1, -0.05) is 30.1 Å². The van der Waals surface area contributed by atoms with Gasteiger partial charge in [-0.05, 0) is 6.42 Å². The van der Waals surface area contributed by atoms with Crippen molar-refractivity contribution in [2.24, 2.45) is 0 Å². The van der Waals surface area contributed by atoms with Gasteiger partial charge in [-0.2, -0.15) is 0 Å². The van der Waals surface area contributed by atoms with Gasteiger partial charge in [0.05, 0.1) is 5.75 Å². The molecule has 0 amide bonds. The summed E-state index contributed by atoms with van der Waals surface area (Å²) in [6, 6.07) is 0. The van der Waals surface area contributed by atoms with Crippen LogP contribution in [0, 0.1) is 0 Å². The predicted octanol–water partition coefficient (Wildman–Crippen LogP) is 1.57. The maximum Gasteiger partial charge on any atom is 0.207 e. The van der Waals surface area contributed by atoms with E-state index in [9.17, 15) is 8.42 Å². The SMILES string of the molecule is CCCS(=O)(=O)C(Cl)Cl. The lowest BCUT2D eigenvalue weighted by atomic mass is 10.6. The van der Waals surface area contributed by atoms with Crippen molar-refractivity contribution in [1.29, 1.82) is 0 Å². The van der Waals surface area contributed by atoms with E-state index >= 15 is 0 Å². The molecule has 0 saturated carbocycles. The van der Waals surface area contributed by atoms with Crippen LogP contribution in [0.2, 0.25) is 0 Å². The summed E-state index contributed by atoms with van der Waals surface area (Å²) in [4.78, 5) is 0. The quantitative estimate of drug-likeness (QED) is 0.634. The third kappa shape index (κ3) is 3.28. The fraction of sp³-hybridized carbons (Fsp3) is 1.00. The normalized spacial score (nSPS) is 12.4. The summed E-state index contributed by atoms with van der Waals surface area (Å²) < 4.78 is 20.1. The topological polar surface area (TPSA) is 34.1 Å². The summed E-state index contributed by atoms with van der Waals surface area (Å²) in [7, 11) is -3.22. The second kappa shape index (κ2) is 3.64. The van der Waals surface area contributed by atoms with Gasteiger partial charge >= 0.3 is 0 Å². The zero-order chi connectivity index (χ0) is 7.49. The van der Waals surface area contributed by atoms with E-state index in [-0.39, 0.29) is 5.75 Å². The molecule has 0 unspecified atom stereocenters. The number of halogens is 2. The van der Waals surface area contributed by atoms with Gasteiger partial charge < -0.3 is 0 Å². The van der Waals surface area contributed by atoms with Crippen molar-refractivity contribution < 1.29 is 8.42 Å². The highest BCUT2D eigenvalue weighted by atomic mass is 35.5. The molecule has 0 aliphatic carbocycles. The Balaban J connectivity index is 4.05. The van der Waals surface area contributed by atoms with E-state index in [1.165, 1.54) is 0 Å². The molecule has 2 nitrogen and oxygen atoms in total. The fourth-order valence-electron chi connectivity index (χ4n) is 0.374. The van der Waals surface area contributed by atoms with E-state index < -0.39 is 14.0 Å². The highest BCUT2D eigenvalue weighted by Crippen LogP contribution is 2.12. The van der Waals surface area contributed by atoms with Crippen LogP contribution in [-0.4, -0.2) is 18.3 Å². The monoisotopic (exact) mass is 190 g/mol. The molecular formula is C4H8Cl2O2S. The Morgan fingerprint density at radius 1 is 1.44 bits per heavy atom. The molecule has 0 saturated heterocycles. The van der Waals surface area contributed by atoms with Gasteiger partial charge in [0.1, 0.15) is 0 Å². The van der Waals surface area contributed by atoms with Gasteiger partial charge in [-0.25, -0.2) is 8.42 Å². The fourth-order valence-corrected chi connectivity index (χ4v) is 1.66. The van der Waals surface area contributed by atoms with Gasteiger partial charge in [-0.15, -0.1) is 0 Å². The minimum atomic E-state index is -3.22. The molecule has 0 bridgehead atoms. The third-order valence-corrected chi connectivity index (χ3v) is 3.91. The molecule has 9 heavy (non-hydrogen) atoms. The zero-order valence-corrected chi connectivity index (χ0v) is 7.30. The van der Waals surface area contributed by atoms with Crippen molar-refractivity contribution in [2.45, 2.75) is 17.5 Å². The van der Waals surface area contributed by atoms with Crippen LogP contribution >= 0.6 is 23.2 Å². The van der Waals surface area contributed by atoms with Gasteiger partial charge in [-0.3, -0.25) is 0 Å². The lowest BCUT2D eigenvalue weighted by molar-refractivity contribution is 0.597. The summed E-state index contributed by atoms with van der Waals surface area (Å²) in [5.41, 5.74) is 0. The van der Waals surface area contributed by atoms with Crippen LogP contribution < -0.4 is 0 Å². The Labute approximate surface area is 65.1 Å². The van der Waals surface area contributed by atoms with Gasteiger partial charge in [0.25, 0.3) is 0 Å². The van der Waals surface area contributed by atoms with E-state index in [4.69, 9.17) is 23.2 Å². The number of hydrogen-bond donors (Lipinski definition) is 0. The molecule has 0 aromatic heterocycles. The molecule has 0 heterocycles. The Morgan fingerprint density at radius 3 is 2.00 bits per heavy atom. The predicted molar refractivity (Wildman–Crippen MR) is 39.6 cm³/mol. The smallest absolute Gasteiger partial charge is 0.207 e. The molecule has 0 N–H and O–H groups in total. The minimum Gasteiger partial charge on any atom is -0.226 e. The summed E-state index contributed by atoms with van der Waals surface area (Å²) in [5, 5.41) is 0. The Hall–Kier alpha value is 0.530. The molecule has 0 aliphatic rings. The van der Waals surface area contributed by atoms with E-state index in [1.807, 2.05) is 0 Å². The molecule has 0 rings (SSSR count). The van der Waals surface area contributed by atoms with Crippen molar-refractivity contribution in [1.82, 2.24) is 0 Å². The Morgan fingerprint density at radius 2 is 1.89 bits per heavy atom. The lowest BCUT2D eigenvalue weighted by Gasteiger charge is -1.99. The van der Waals surface area contributed by atoms with Crippen LogP contribution in [0.1, 0.15) is 13.3 Å². The molecule has 56 valence electrons. The standard InChI is InChI=1S/C4H8Cl2O2S/c1-2-3-9(7,8)4(5)6/h4H,2-3H2,1H3. The maximum absolute atomic E-state index is 10.7.